The highest BCUT2D eigenvalue weighted by Crippen LogP contribution is 2.22. The minimum Gasteiger partial charge on any atom is -0.293 e. The second-order valence-corrected chi connectivity index (χ2v) is 3.83. The SMILES string of the molecule is CC[C@H](C)c1nc(C(C)=O)cs1. The Hall–Kier alpha value is -0.700. The van der Waals surface area contributed by atoms with Gasteiger partial charge >= 0.3 is 0 Å². The van der Waals surface area contributed by atoms with Gasteiger partial charge in [0.15, 0.2) is 5.78 Å². The molecule has 0 aliphatic rings. The maximum Gasteiger partial charge on any atom is 0.178 e. The predicted molar refractivity (Wildman–Crippen MR) is 50.8 cm³/mol. The average molecular weight is 183 g/mol. The van der Waals surface area contributed by atoms with Crippen LogP contribution < -0.4 is 0 Å². The van der Waals surface area contributed by atoms with Crippen LogP contribution in [-0.2, 0) is 0 Å². The highest BCUT2D eigenvalue weighted by molar-refractivity contribution is 7.09. The largest absolute Gasteiger partial charge is 0.293 e. The molecule has 0 bridgehead atoms. The predicted octanol–water partition coefficient (Wildman–Crippen LogP) is 2.86. The Kier molecular flexibility index (Phi) is 2.98. The summed E-state index contributed by atoms with van der Waals surface area (Å²) in [6.07, 6.45) is 1.07. The molecule has 0 aliphatic carbocycles. The van der Waals surface area contributed by atoms with Crippen molar-refractivity contribution >= 4 is 17.1 Å². The van der Waals surface area contributed by atoms with Crippen molar-refractivity contribution in [2.45, 2.75) is 33.1 Å². The van der Waals surface area contributed by atoms with E-state index in [0.717, 1.165) is 11.4 Å². The monoisotopic (exact) mass is 183 g/mol. The Balaban J connectivity index is 2.84. The van der Waals surface area contributed by atoms with Crippen molar-refractivity contribution in [2.75, 3.05) is 0 Å². The maximum absolute atomic E-state index is 10.9. The number of thiazole rings is 1. The molecule has 0 saturated heterocycles. The van der Waals surface area contributed by atoms with Gasteiger partial charge in [-0.15, -0.1) is 11.3 Å². The van der Waals surface area contributed by atoms with Crippen LogP contribution in [-0.4, -0.2) is 10.8 Å². The number of Topliss-reactive ketones (excluding diaryl/α,β-unsaturated/α-hetero) is 1. The van der Waals surface area contributed by atoms with Crippen LogP contribution in [0.2, 0.25) is 0 Å². The first-order chi connectivity index (χ1) is 5.65. The van der Waals surface area contributed by atoms with E-state index < -0.39 is 0 Å². The number of nitrogens with zero attached hydrogens (tertiary/aromatic N) is 1. The molecule has 1 heterocycles. The van der Waals surface area contributed by atoms with E-state index in [-0.39, 0.29) is 5.78 Å². The van der Waals surface area contributed by atoms with Crippen LogP contribution in [0.5, 0.6) is 0 Å². The third-order valence-corrected chi connectivity index (χ3v) is 2.99. The fourth-order valence-corrected chi connectivity index (χ4v) is 1.85. The Morgan fingerprint density at radius 3 is 2.83 bits per heavy atom. The first kappa shape index (κ1) is 9.39. The van der Waals surface area contributed by atoms with Crippen LogP contribution in [0.3, 0.4) is 0 Å². The molecule has 0 saturated carbocycles. The standard InChI is InChI=1S/C9H13NOS/c1-4-6(2)9-10-8(5-12-9)7(3)11/h5-6H,4H2,1-3H3/t6-/m0/s1. The van der Waals surface area contributed by atoms with Gasteiger partial charge in [0, 0.05) is 18.2 Å². The summed E-state index contributed by atoms with van der Waals surface area (Å²) in [7, 11) is 0. The van der Waals surface area contributed by atoms with Gasteiger partial charge in [-0.1, -0.05) is 13.8 Å². The number of hydrogen-bond acceptors (Lipinski definition) is 3. The van der Waals surface area contributed by atoms with Gasteiger partial charge in [-0.2, -0.15) is 0 Å². The van der Waals surface area contributed by atoms with E-state index in [1.807, 2.05) is 5.38 Å². The van der Waals surface area contributed by atoms with Crippen LogP contribution in [0.15, 0.2) is 5.38 Å². The molecule has 0 unspecified atom stereocenters. The van der Waals surface area contributed by atoms with E-state index in [4.69, 9.17) is 0 Å². The zero-order valence-corrected chi connectivity index (χ0v) is 8.44. The van der Waals surface area contributed by atoms with E-state index >= 15 is 0 Å². The molecule has 0 fully saturated rings. The van der Waals surface area contributed by atoms with E-state index in [0.29, 0.717) is 11.6 Å². The third-order valence-electron chi connectivity index (χ3n) is 1.92. The van der Waals surface area contributed by atoms with Crippen molar-refractivity contribution in [1.82, 2.24) is 4.98 Å². The molecule has 1 rings (SSSR count). The summed E-state index contributed by atoms with van der Waals surface area (Å²) < 4.78 is 0. The van der Waals surface area contributed by atoms with Crippen LogP contribution >= 0.6 is 11.3 Å². The molecule has 0 amide bonds. The van der Waals surface area contributed by atoms with Gasteiger partial charge in [-0.3, -0.25) is 4.79 Å². The number of hydrogen-bond donors (Lipinski definition) is 0. The number of rotatable bonds is 3. The van der Waals surface area contributed by atoms with Crippen LogP contribution in [0.4, 0.5) is 0 Å². The minimum absolute atomic E-state index is 0.0563. The van der Waals surface area contributed by atoms with Crippen molar-refractivity contribution in [3.63, 3.8) is 0 Å². The Morgan fingerprint density at radius 2 is 2.42 bits per heavy atom. The molecular weight excluding hydrogens is 170 g/mol. The summed E-state index contributed by atoms with van der Waals surface area (Å²) in [6.45, 7) is 5.80. The number of carbonyl (C=O) groups excluding carboxylic acids is 1. The molecule has 1 atom stereocenters. The van der Waals surface area contributed by atoms with Gasteiger partial charge in [0.25, 0.3) is 0 Å². The van der Waals surface area contributed by atoms with Crippen molar-refractivity contribution in [3.05, 3.63) is 16.1 Å². The lowest BCUT2D eigenvalue weighted by Crippen LogP contribution is -1.95. The summed E-state index contributed by atoms with van der Waals surface area (Å²) in [5.74, 6) is 0.531. The molecule has 1 aromatic heterocycles. The fraction of sp³-hybridized carbons (Fsp3) is 0.556. The highest BCUT2D eigenvalue weighted by Gasteiger charge is 2.10. The molecule has 0 spiro atoms. The van der Waals surface area contributed by atoms with Gasteiger partial charge in [0.1, 0.15) is 5.69 Å². The molecule has 0 aliphatic heterocycles. The average Bonchev–Trinajstić information content (AvgIpc) is 2.51. The first-order valence-electron chi connectivity index (χ1n) is 4.11. The molecule has 12 heavy (non-hydrogen) atoms. The van der Waals surface area contributed by atoms with Gasteiger partial charge in [-0.25, -0.2) is 4.98 Å². The normalized spacial score (nSPS) is 12.9. The third kappa shape index (κ3) is 1.91. The Labute approximate surface area is 76.6 Å². The molecule has 66 valence electrons. The van der Waals surface area contributed by atoms with E-state index in [9.17, 15) is 4.79 Å². The van der Waals surface area contributed by atoms with Gasteiger partial charge in [0.05, 0.1) is 5.01 Å². The number of carbonyl (C=O) groups is 1. The second kappa shape index (κ2) is 3.81. The molecule has 1 aromatic rings. The van der Waals surface area contributed by atoms with Gasteiger partial charge < -0.3 is 0 Å². The smallest absolute Gasteiger partial charge is 0.178 e. The summed E-state index contributed by atoms with van der Waals surface area (Å²) in [6, 6.07) is 0. The first-order valence-corrected chi connectivity index (χ1v) is 4.99. The van der Waals surface area contributed by atoms with Crippen molar-refractivity contribution in [1.29, 1.82) is 0 Å². The van der Waals surface area contributed by atoms with Gasteiger partial charge in [-0.05, 0) is 6.42 Å². The molecular formula is C9H13NOS. The summed E-state index contributed by atoms with van der Waals surface area (Å²) >= 11 is 1.58. The topological polar surface area (TPSA) is 30.0 Å². The van der Waals surface area contributed by atoms with Crippen LogP contribution in [0, 0.1) is 0 Å². The van der Waals surface area contributed by atoms with Crippen LogP contribution in [0.1, 0.15) is 48.6 Å². The maximum atomic E-state index is 10.9. The minimum atomic E-state index is 0.0563. The quantitative estimate of drug-likeness (QED) is 0.674. The molecule has 3 heteroatoms. The summed E-state index contributed by atoms with van der Waals surface area (Å²) in [5.41, 5.74) is 0.607. The van der Waals surface area contributed by atoms with E-state index in [1.54, 1.807) is 18.3 Å². The van der Waals surface area contributed by atoms with E-state index in [2.05, 4.69) is 18.8 Å². The van der Waals surface area contributed by atoms with Crippen molar-refractivity contribution in [2.24, 2.45) is 0 Å². The molecule has 2 nitrogen and oxygen atoms in total. The zero-order valence-electron chi connectivity index (χ0n) is 7.63. The van der Waals surface area contributed by atoms with Crippen molar-refractivity contribution in [3.8, 4) is 0 Å². The van der Waals surface area contributed by atoms with Gasteiger partial charge in [0.2, 0.25) is 0 Å². The lowest BCUT2D eigenvalue weighted by Gasteiger charge is -2.01. The lowest BCUT2D eigenvalue weighted by molar-refractivity contribution is 0.101. The molecule has 0 aromatic carbocycles. The lowest BCUT2D eigenvalue weighted by atomic mass is 10.1. The fourth-order valence-electron chi connectivity index (χ4n) is 0.850. The molecule has 0 N–H and O–H groups in total. The number of aromatic nitrogens is 1. The highest BCUT2D eigenvalue weighted by atomic mass is 32.1. The van der Waals surface area contributed by atoms with Crippen LogP contribution in [0.25, 0.3) is 0 Å². The molecule has 0 radical (unpaired) electrons. The Bertz CT molecular complexity index is 280. The summed E-state index contributed by atoms with van der Waals surface area (Å²) in [4.78, 5) is 15.2. The van der Waals surface area contributed by atoms with Crippen molar-refractivity contribution < 1.29 is 4.79 Å². The number of ketones is 1. The zero-order chi connectivity index (χ0) is 9.14. The Morgan fingerprint density at radius 1 is 1.75 bits per heavy atom. The second-order valence-electron chi connectivity index (χ2n) is 2.94. The van der Waals surface area contributed by atoms with E-state index in [1.165, 1.54) is 0 Å². The summed E-state index contributed by atoms with van der Waals surface area (Å²) in [5, 5.41) is 2.91.